The maximum Gasteiger partial charge on any atom is 0.256 e. The van der Waals surface area contributed by atoms with Gasteiger partial charge in [0.15, 0.2) is 0 Å². The Bertz CT molecular complexity index is 735. The van der Waals surface area contributed by atoms with Gasteiger partial charge in [0.2, 0.25) is 0 Å². The summed E-state index contributed by atoms with van der Waals surface area (Å²) in [6, 6.07) is 11.8. The Balaban J connectivity index is 2.36. The van der Waals surface area contributed by atoms with Crippen molar-refractivity contribution in [2.75, 3.05) is 11.9 Å². The summed E-state index contributed by atoms with van der Waals surface area (Å²) in [6.07, 6.45) is 2.65. The van der Waals surface area contributed by atoms with Crippen molar-refractivity contribution in [2.24, 2.45) is 0 Å². The number of carbonyl (C=O) groups is 1. The van der Waals surface area contributed by atoms with Gasteiger partial charge in [0.25, 0.3) is 5.91 Å². The van der Waals surface area contributed by atoms with E-state index in [1.165, 1.54) is 0 Å². The Kier molecular flexibility index (Phi) is 7.04. The van der Waals surface area contributed by atoms with Crippen molar-refractivity contribution in [1.29, 1.82) is 0 Å². The van der Waals surface area contributed by atoms with Gasteiger partial charge in [-0.25, -0.2) is 0 Å². The molecule has 2 rings (SSSR count). The van der Waals surface area contributed by atoms with Crippen LogP contribution < -0.4 is 10.1 Å². The zero-order chi connectivity index (χ0) is 19.2. The second kappa shape index (κ2) is 9.04. The molecule has 1 N–H and O–H groups in total. The molecular weight excluding hydrogens is 326 g/mol. The van der Waals surface area contributed by atoms with Crippen LogP contribution in [0.5, 0.6) is 5.75 Å². The third-order valence-electron chi connectivity index (χ3n) is 4.71. The first-order valence-corrected chi connectivity index (χ1v) is 9.59. The van der Waals surface area contributed by atoms with Crippen molar-refractivity contribution < 1.29 is 14.3 Å². The van der Waals surface area contributed by atoms with E-state index in [2.05, 4.69) is 26.1 Å². The van der Waals surface area contributed by atoms with Crippen molar-refractivity contribution >= 4 is 22.4 Å². The number of fused-ring (bicyclic) bond motifs is 1. The molecule has 0 aromatic heterocycles. The lowest BCUT2D eigenvalue weighted by atomic mass is 9.98. The molecule has 0 heterocycles. The lowest BCUT2D eigenvalue weighted by Gasteiger charge is -2.28. The van der Waals surface area contributed by atoms with Crippen LogP contribution in [0.3, 0.4) is 0 Å². The number of anilines is 1. The zero-order valence-electron chi connectivity index (χ0n) is 16.6. The van der Waals surface area contributed by atoms with Crippen LogP contribution in [0, 0.1) is 0 Å². The predicted molar refractivity (Wildman–Crippen MR) is 108 cm³/mol. The summed E-state index contributed by atoms with van der Waals surface area (Å²) >= 11 is 0. The normalized spacial score (nSPS) is 14.7. The minimum absolute atomic E-state index is 0.109. The van der Waals surface area contributed by atoms with Gasteiger partial charge in [-0.15, -0.1) is 0 Å². The van der Waals surface area contributed by atoms with Crippen molar-refractivity contribution in [3.8, 4) is 5.75 Å². The second-order valence-electron chi connectivity index (χ2n) is 6.86. The van der Waals surface area contributed by atoms with Gasteiger partial charge in [-0.1, -0.05) is 44.5 Å². The van der Waals surface area contributed by atoms with Crippen LogP contribution in [-0.2, 0) is 9.53 Å². The van der Waals surface area contributed by atoms with Crippen molar-refractivity contribution in [3.63, 3.8) is 0 Å². The largest absolute Gasteiger partial charge is 0.490 e. The second-order valence-corrected chi connectivity index (χ2v) is 6.86. The molecule has 142 valence electrons. The molecule has 2 aromatic rings. The summed E-state index contributed by atoms with van der Waals surface area (Å²) in [4.78, 5) is 12.9. The van der Waals surface area contributed by atoms with Crippen molar-refractivity contribution in [3.05, 3.63) is 36.4 Å². The molecule has 0 radical (unpaired) electrons. The average molecular weight is 357 g/mol. The molecule has 0 unspecified atom stereocenters. The number of ether oxygens (including phenoxy) is 2. The highest BCUT2D eigenvalue weighted by Crippen LogP contribution is 2.33. The van der Waals surface area contributed by atoms with Crippen molar-refractivity contribution in [2.45, 2.75) is 65.6 Å². The Morgan fingerprint density at radius 2 is 1.81 bits per heavy atom. The fourth-order valence-corrected chi connectivity index (χ4v) is 3.08. The van der Waals surface area contributed by atoms with Crippen LogP contribution in [0.2, 0.25) is 0 Å². The van der Waals surface area contributed by atoms with Gasteiger partial charge in [-0.3, -0.25) is 4.79 Å². The van der Waals surface area contributed by atoms with E-state index < -0.39 is 5.60 Å². The Morgan fingerprint density at radius 3 is 2.42 bits per heavy atom. The average Bonchev–Trinajstić information content (AvgIpc) is 2.63. The highest BCUT2D eigenvalue weighted by atomic mass is 16.5. The molecule has 0 saturated heterocycles. The van der Waals surface area contributed by atoms with Gasteiger partial charge in [0, 0.05) is 23.1 Å². The Labute approximate surface area is 156 Å². The molecule has 26 heavy (non-hydrogen) atoms. The third kappa shape index (κ3) is 4.55. The summed E-state index contributed by atoms with van der Waals surface area (Å²) in [5, 5.41) is 5.04. The smallest absolute Gasteiger partial charge is 0.256 e. The monoisotopic (exact) mass is 357 g/mol. The van der Waals surface area contributed by atoms with Gasteiger partial charge in [-0.05, 0) is 45.7 Å². The molecule has 4 nitrogen and oxygen atoms in total. The molecule has 1 amide bonds. The van der Waals surface area contributed by atoms with E-state index >= 15 is 0 Å². The van der Waals surface area contributed by atoms with Gasteiger partial charge in [0.1, 0.15) is 11.4 Å². The third-order valence-corrected chi connectivity index (χ3v) is 4.71. The SMILES string of the molecule is CCC[C@](C)(OCC)C(=O)Nc1ccc(O[C@@H](C)CC)c2ccccc12. The quantitative estimate of drug-likeness (QED) is 0.640. The van der Waals surface area contributed by atoms with Crippen LogP contribution in [0.15, 0.2) is 36.4 Å². The number of amides is 1. The minimum atomic E-state index is -0.823. The summed E-state index contributed by atoms with van der Waals surface area (Å²) in [7, 11) is 0. The minimum Gasteiger partial charge on any atom is -0.490 e. The van der Waals surface area contributed by atoms with E-state index in [9.17, 15) is 4.79 Å². The topological polar surface area (TPSA) is 47.6 Å². The predicted octanol–water partition coefficient (Wildman–Crippen LogP) is 5.55. The molecule has 0 aliphatic heterocycles. The molecule has 0 fully saturated rings. The molecule has 2 aromatic carbocycles. The number of hydrogen-bond acceptors (Lipinski definition) is 3. The Morgan fingerprint density at radius 1 is 1.12 bits per heavy atom. The van der Waals surface area contributed by atoms with E-state index in [1.807, 2.05) is 50.2 Å². The maximum absolute atomic E-state index is 12.9. The van der Waals surface area contributed by atoms with Crippen LogP contribution in [0.4, 0.5) is 5.69 Å². The highest BCUT2D eigenvalue weighted by molar-refractivity contribution is 6.06. The zero-order valence-corrected chi connectivity index (χ0v) is 16.6. The summed E-state index contributed by atoms with van der Waals surface area (Å²) in [5.41, 5.74) is -0.0413. The number of carbonyl (C=O) groups excluding carboxylic acids is 1. The first-order valence-electron chi connectivity index (χ1n) is 9.59. The number of hydrogen-bond donors (Lipinski definition) is 1. The van der Waals surface area contributed by atoms with Gasteiger partial charge in [-0.2, -0.15) is 0 Å². The van der Waals surface area contributed by atoms with E-state index in [1.54, 1.807) is 0 Å². The van der Waals surface area contributed by atoms with Crippen molar-refractivity contribution in [1.82, 2.24) is 0 Å². The molecule has 0 spiro atoms. The molecule has 2 atom stereocenters. The van der Waals surface area contributed by atoms with E-state index in [0.29, 0.717) is 13.0 Å². The lowest BCUT2D eigenvalue weighted by Crippen LogP contribution is -2.42. The summed E-state index contributed by atoms with van der Waals surface area (Å²) in [5.74, 6) is 0.732. The lowest BCUT2D eigenvalue weighted by molar-refractivity contribution is -0.139. The molecule has 0 bridgehead atoms. The van der Waals surface area contributed by atoms with Crippen LogP contribution >= 0.6 is 0 Å². The molecular formula is C22H31NO3. The molecule has 4 heteroatoms. The highest BCUT2D eigenvalue weighted by Gasteiger charge is 2.33. The van der Waals surface area contributed by atoms with Crippen LogP contribution in [0.25, 0.3) is 10.8 Å². The standard InChI is InChI=1S/C22H31NO3/c1-6-15-22(5,25-8-3)21(24)23-19-13-14-20(26-16(4)7-2)18-12-10-9-11-17(18)19/h9-14,16H,6-8,15H2,1-5H3,(H,23,24)/t16-,22-/m0/s1. The van der Waals surface area contributed by atoms with Crippen LogP contribution in [-0.4, -0.2) is 24.2 Å². The summed E-state index contributed by atoms with van der Waals surface area (Å²) < 4.78 is 11.8. The first kappa shape index (κ1) is 20.2. The van der Waals surface area contributed by atoms with E-state index in [-0.39, 0.29) is 12.0 Å². The summed E-state index contributed by atoms with van der Waals surface area (Å²) in [6.45, 7) is 10.5. The van der Waals surface area contributed by atoms with Gasteiger partial charge >= 0.3 is 0 Å². The fourth-order valence-electron chi connectivity index (χ4n) is 3.08. The van der Waals surface area contributed by atoms with Gasteiger partial charge in [0.05, 0.1) is 6.10 Å². The first-order chi connectivity index (χ1) is 12.4. The van der Waals surface area contributed by atoms with Gasteiger partial charge < -0.3 is 14.8 Å². The Hall–Kier alpha value is -2.07. The number of rotatable bonds is 9. The number of nitrogens with one attached hydrogen (secondary N) is 1. The molecule has 0 aliphatic carbocycles. The fraction of sp³-hybridized carbons (Fsp3) is 0.500. The van der Waals surface area contributed by atoms with Crippen LogP contribution in [0.1, 0.15) is 53.9 Å². The number of benzene rings is 2. The molecule has 0 aliphatic rings. The maximum atomic E-state index is 12.9. The van der Waals surface area contributed by atoms with E-state index in [0.717, 1.165) is 35.1 Å². The van der Waals surface area contributed by atoms with E-state index in [4.69, 9.17) is 9.47 Å². The molecule has 0 saturated carbocycles.